The fraction of sp³-hybridized carbons (Fsp3) is 0.150. The van der Waals surface area contributed by atoms with E-state index in [9.17, 15) is 4.79 Å². The van der Waals surface area contributed by atoms with E-state index in [1.54, 1.807) is 7.11 Å². The average molecular weight is 383 g/mol. The van der Waals surface area contributed by atoms with Crippen molar-refractivity contribution in [2.75, 3.05) is 19.0 Å². The summed E-state index contributed by atoms with van der Waals surface area (Å²) in [4.78, 5) is 20.6. The molecule has 2 N–H and O–H groups in total. The van der Waals surface area contributed by atoms with E-state index in [-0.39, 0.29) is 11.6 Å². The zero-order chi connectivity index (χ0) is 19.1. The molecule has 6 nitrogen and oxygen atoms in total. The molecule has 3 aromatic rings. The number of nitrogens with one attached hydrogen (secondary N) is 2. The highest BCUT2D eigenvalue weighted by Gasteiger charge is 2.08. The van der Waals surface area contributed by atoms with Crippen molar-refractivity contribution in [3.8, 4) is 5.75 Å². The summed E-state index contributed by atoms with van der Waals surface area (Å²) < 4.78 is 5.18. The number of hydrogen-bond donors (Lipinski definition) is 2. The zero-order valence-electron chi connectivity index (χ0n) is 14.8. The van der Waals surface area contributed by atoms with Crippen molar-refractivity contribution in [2.24, 2.45) is 0 Å². The molecule has 0 atom stereocenters. The van der Waals surface area contributed by atoms with Gasteiger partial charge in [-0.25, -0.2) is 9.97 Å². The van der Waals surface area contributed by atoms with E-state index < -0.39 is 0 Å². The standard InChI is InChI=1S/C20H19ClN4O2/c1-27-17-4-2-3-16(11-17)25-19-13-23-18(12-24-19)20(26)22-10-9-14-5-7-15(21)8-6-14/h2-8,11-13H,9-10H2,1H3,(H,22,26)(H,24,25). The molecule has 0 aliphatic heterocycles. The highest BCUT2D eigenvalue weighted by molar-refractivity contribution is 6.30. The summed E-state index contributed by atoms with van der Waals surface area (Å²) in [6.45, 7) is 0.506. The van der Waals surface area contributed by atoms with Gasteiger partial charge in [-0.05, 0) is 36.2 Å². The second-order valence-electron chi connectivity index (χ2n) is 5.78. The molecule has 0 fully saturated rings. The van der Waals surface area contributed by atoms with E-state index >= 15 is 0 Å². The first kappa shape index (κ1) is 18.7. The quantitative estimate of drug-likeness (QED) is 0.649. The van der Waals surface area contributed by atoms with Crippen molar-refractivity contribution in [1.82, 2.24) is 15.3 Å². The molecule has 2 aromatic carbocycles. The fourth-order valence-corrected chi connectivity index (χ4v) is 2.55. The maximum Gasteiger partial charge on any atom is 0.271 e. The van der Waals surface area contributed by atoms with Gasteiger partial charge in [0.05, 0.1) is 19.5 Å². The lowest BCUT2D eigenvalue weighted by Crippen LogP contribution is -2.26. The van der Waals surface area contributed by atoms with Crippen LogP contribution in [0, 0.1) is 0 Å². The van der Waals surface area contributed by atoms with Gasteiger partial charge < -0.3 is 15.4 Å². The number of methoxy groups -OCH3 is 1. The van der Waals surface area contributed by atoms with E-state index in [1.807, 2.05) is 48.5 Å². The molecule has 0 saturated carbocycles. The summed E-state index contributed by atoms with van der Waals surface area (Å²) >= 11 is 5.86. The third kappa shape index (κ3) is 5.43. The fourth-order valence-electron chi connectivity index (χ4n) is 2.42. The van der Waals surface area contributed by atoms with E-state index in [0.29, 0.717) is 23.8 Å². The molecule has 7 heteroatoms. The van der Waals surface area contributed by atoms with Crippen LogP contribution < -0.4 is 15.4 Å². The van der Waals surface area contributed by atoms with Gasteiger partial charge in [0.25, 0.3) is 5.91 Å². The van der Waals surface area contributed by atoms with Crippen LogP contribution in [0.5, 0.6) is 5.75 Å². The van der Waals surface area contributed by atoms with Crippen LogP contribution in [0.3, 0.4) is 0 Å². The van der Waals surface area contributed by atoms with Gasteiger partial charge in [-0.3, -0.25) is 4.79 Å². The molecule has 0 bridgehead atoms. The molecule has 0 aliphatic carbocycles. The Morgan fingerprint density at radius 3 is 2.63 bits per heavy atom. The Morgan fingerprint density at radius 2 is 1.93 bits per heavy atom. The minimum atomic E-state index is -0.260. The van der Waals surface area contributed by atoms with Crippen molar-refractivity contribution >= 4 is 29.0 Å². The van der Waals surface area contributed by atoms with Gasteiger partial charge in [-0.1, -0.05) is 29.8 Å². The van der Waals surface area contributed by atoms with Crippen molar-refractivity contribution in [3.63, 3.8) is 0 Å². The van der Waals surface area contributed by atoms with Crippen LogP contribution in [0.4, 0.5) is 11.5 Å². The largest absolute Gasteiger partial charge is 0.497 e. The van der Waals surface area contributed by atoms with E-state index in [4.69, 9.17) is 16.3 Å². The number of amides is 1. The van der Waals surface area contributed by atoms with Gasteiger partial charge in [0.2, 0.25) is 0 Å². The Kier molecular flexibility index (Phi) is 6.22. The van der Waals surface area contributed by atoms with Gasteiger partial charge in [0, 0.05) is 23.3 Å². The van der Waals surface area contributed by atoms with Crippen molar-refractivity contribution in [3.05, 3.63) is 77.2 Å². The normalized spacial score (nSPS) is 10.3. The monoisotopic (exact) mass is 382 g/mol. The van der Waals surface area contributed by atoms with Gasteiger partial charge in [0.15, 0.2) is 0 Å². The van der Waals surface area contributed by atoms with Crippen LogP contribution in [0.15, 0.2) is 60.9 Å². The number of halogens is 1. The number of anilines is 2. The van der Waals surface area contributed by atoms with E-state index in [0.717, 1.165) is 17.0 Å². The molecule has 0 aliphatic rings. The van der Waals surface area contributed by atoms with Gasteiger partial charge >= 0.3 is 0 Å². The first-order chi connectivity index (χ1) is 13.1. The third-order valence-corrected chi connectivity index (χ3v) is 4.09. The molecular formula is C20H19ClN4O2. The average Bonchev–Trinajstić information content (AvgIpc) is 2.70. The predicted molar refractivity (Wildman–Crippen MR) is 106 cm³/mol. The van der Waals surface area contributed by atoms with Gasteiger partial charge in [-0.15, -0.1) is 0 Å². The molecule has 0 saturated heterocycles. The number of carbonyl (C=O) groups is 1. The first-order valence-corrected chi connectivity index (χ1v) is 8.77. The Balaban J connectivity index is 1.52. The first-order valence-electron chi connectivity index (χ1n) is 8.40. The third-order valence-electron chi connectivity index (χ3n) is 3.84. The highest BCUT2D eigenvalue weighted by atomic mass is 35.5. The number of carbonyl (C=O) groups excluding carboxylic acids is 1. The second kappa shape index (κ2) is 9.00. The Bertz CT molecular complexity index is 899. The summed E-state index contributed by atoms with van der Waals surface area (Å²) in [6.07, 6.45) is 3.68. The molecule has 1 amide bonds. The molecular weight excluding hydrogens is 364 g/mol. The topological polar surface area (TPSA) is 76.1 Å². The molecule has 0 unspecified atom stereocenters. The Labute approximate surface area is 162 Å². The number of nitrogens with zero attached hydrogens (tertiary/aromatic N) is 2. The Hall–Kier alpha value is -3.12. The van der Waals surface area contributed by atoms with Crippen LogP contribution in [0.2, 0.25) is 5.02 Å². The zero-order valence-corrected chi connectivity index (χ0v) is 15.5. The van der Waals surface area contributed by atoms with Gasteiger partial charge in [-0.2, -0.15) is 0 Å². The van der Waals surface area contributed by atoms with Crippen LogP contribution in [0.25, 0.3) is 0 Å². The van der Waals surface area contributed by atoms with Gasteiger partial charge in [0.1, 0.15) is 17.3 Å². The molecule has 3 rings (SSSR count). The maximum atomic E-state index is 12.2. The lowest BCUT2D eigenvalue weighted by molar-refractivity contribution is 0.0949. The van der Waals surface area contributed by atoms with E-state index in [2.05, 4.69) is 20.6 Å². The lowest BCUT2D eigenvalue weighted by Gasteiger charge is -2.08. The minimum Gasteiger partial charge on any atom is -0.497 e. The Morgan fingerprint density at radius 1 is 1.11 bits per heavy atom. The van der Waals surface area contributed by atoms with Crippen molar-refractivity contribution < 1.29 is 9.53 Å². The molecule has 1 aromatic heterocycles. The molecule has 1 heterocycles. The summed E-state index contributed by atoms with van der Waals surface area (Å²) in [5, 5.41) is 6.65. The number of aromatic nitrogens is 2. The highest BCUT2D eigenvalue weighted by Crippen LogP contribution is 2.19. The van der Waals surface area contributed by atoms with E-state index in [1.165, 1.54) is 12.4 Å². The number of ether oxygens (including phenoxy) is 1. The van der Waals surface area contributed by atoms with Crippen LogP contribution in [0.1, 0.15) is 16.1 Å². The molecule has 138 valence electrons. The molecule has 27 heavy (non-hydrogen) atoms. The summed E-state index contributed by atoms with van der Waals surface area (Å²) in [5.41, 5.74) is 2.19. The van der Waals surface area contributed by atoms with Crippen LogP contribution in [-0.4, -0.2) is 29.5 Å². The lowest BCUT2D eigenvalue weighted by atomic mass is 10.1. The summed E-state index contributed by atoms with van der Waals surface area (Å²) in [5.74, 6) is 1.02. The summed E-state index contributed by atoms with van der Waals surface area (Å²) in [6, 6.07) is 15.0. The maximum absolute atomic E-state index is 12.2. The molecule has 0 spiro atoms. The summed E-state index contributed by atoms with van der Waals surface area (Å²) in [7, 11) is 1.61. The number of rotatable bonds is 7. The van der Waals surface area contributed by atoms with Crippen molar-refractivity contribution in [2.45, 2.75) is 6.42 Å². The predicted octanol–water partition coefficient (Wildman–Crippen LogP) is 3.85. The van der Waals surface area contributed by atoms with Crippen LogP contribution in [-0.2, 0) is 6.42 Å². The number of benzene rings is 2. The SMILES string of the molecule is COc1cccc(Nc2cnc(C(=O)NCCc3ccc(Cl)cc3)cn2)c1. The minimum absolute atomic E-state index is 0.260. The number of hydrogen-bond acceptors (Lipinski definition) is 5. The molecule has 0 radical (unpaired) electrons. The second-order valence-corrected chi connectivity index (χ2v) is 6.21. The smallest absolute Gasteiger partial charge is 0.271 e. The van der Waals surface area contributed by atoms with Crippen LogP contribution >= 0.6 is 11.6 Å². The van der Waals surface area contributed by atoms with Crippen molar-refractivity contribution in [1.29, 1.82) is 0 Å².